The van der Waals surface area contributed by atoms with Gasteiger partial charge in [0.2, 0.25) is 5.91 Å². The Bertz CT molecular complexity index is 719. The van der Waals surface area contributed by atoms with Crippen molar-refractivity contribution >= 4 is 27.5 Å². The van der Waals surface area contributed by atoms with E-state index in [1.165, 1.54) is 4.31 Å². The number of nitrogens with two attached hydrogens (primary N) is 2. The van der Waals surface area contributed by atoms with Crippen LogP contribution in [0.5, 0.6) is 0 Å². The smallest absolute Gasteiger partial charge is 0.299 e. The van der Waals surface area contributed by atoms with Crippen LogP contribution in [0.1, 0.15) is 31.2 Å². The lowest BCUT2D eigenvalue weighted by Crippen LogP contribution is -2.35. The van der Waals surface area contributed by atoms with Gasteiger partial charge in [0.1, 0.15) is 0 Å². The Labute approximate surface area is 136 Å². The van der Waals surface area contributed by atoms with Crippen LogP contribution in [0.2, 0.25) is 0 Å². The first-order chi connectivity index (χ1) is 10.8. The molecule has 0 aromatic heterocycles. The maximum absolute atomic E-state index is 12.2. The number of nitrogens with one attached hydrogen (secondary N) is 1. The van der Waals surface area contributed by atoms with Crippen LogP contribution in [0.3, 0.4) is 0 Å². The summed E-state index contributed by atoms with van der Waals surface area (Å²) in [5.41, 5.74) is 8.03. The minimum atomic E-state index is -3.78. The lowest BCUT2D eigenvalue weighted by molar-refractivity contribution is -0.117. The van der Waals surface area contributed by atoms with Gasteiger partial charge in [0.15, 0.2) is 0 Å². The number of carbonyl (C=O) groups excluding carboxylic acids is 1. The van der Waals surface area contributed by atoms with E-state index in [4.69, 9.17) is 10.9 Å². The summed E-state index contributed by atoms with van der Waals surface area (Å²) in [4.78, 5) is 12.2. The highest BCUT2D eigenvalue weighted by Gasteiger charge is 2.28. The maximum Gasteiger partial charge on any atom is 0.299 e. The molecule has 0 unspecified atom stereocenters. The molecule has 8 heteroatoms. The molecule has 0 bridgehead atoms. The second-order valence-corrected chi connectivity index (χ2v) is 7.79. The number of nitrogens with zero attached hydrogens (tertiary/aromatic N) is 1. The molecule has 1 saturated carbocycles. The molecule has 1 amide bonds. The third-order valence-electron chi connectivity index (χ3n) is 4.69. The molecule has 5 N–H and O–H groups in total. The van der Waals surface area contributed by atoms with Crippen LogP contribution in [-0.4, -0.2) is 26.9 Å². The lowest BCUT2D eigenvalue weighted by Gasteiger charge is -2.17. The second kappa shape index (κ2) is 6.10. The zero-order valence-electron chi connectivity index (χ0n) is 12.9. The van der Waals surface area contributed by atoms with Crippen molar-refractivity contribution in [1.82, 2.24) is 0 Å². The minimum Gasteiger partial charge on any atom is -0.327 e. The van der Waals surface area contributed by atoms with E-state index >= 15 is 0 Å². The Kier molecular flexibility index (Phi) is 4.31. The molecular weight excluding hydrogens is 316 g/mol. The average molecular weight is 338 g/mol. The van der Waals surface area contributed by atoms with E-state index in [-0.39, 0.29) is 17.9 Å². The number of rotatable bonds is 4. The van der Waals surface area contributed by atoms with Crippen LogP contribution in [0.15, 0.2) is 18.2 Å². The molecule has 7 nitrogen and oxygen atoms in total. The number of anilines is 2. The number of benzene rings is 1. The monoisotopic (exact) mass is 338 g/mol. The number of carbonyl (C=O) groups is 1. The molecule has 1 aromatic rings. The van der Waals surface area contributed by atoms with Crippen LogP contribution in [0.4, 0.5) is 11.4 Å². The molecule has 1 aliphatic heterocycles. The summed E-state index contributed by atoms with van der Waals surface area (Å²) in [6, 6.07) is 5.38. The van der Waals surface area contributed by atoms with Crippen LogP contribution >= 0.6 is 0 Å². The Hall–Kier alpha value is -1.64. The molecule has 23 heavy (non-hydrogen) atoms. The van der Waals surface area contributed by atoms with Gasteiger partial charge < -0.3 is 11.1 Å². The Morgan fingerprint density at radius 3 is 2.78 bits per heavy atom. The molecule has 1 fully saturated rings. The van der Waals surface area contributed by atoms with Gasteiger partial charge in [0.25, 0.3) is 10.2 Å². The van der Waals surface area contributed by atoms with E-state index in [9.17, 15) is 13.2 Å². The van der Waals surface area contributed by atoms with Gasteiger partial charge in [-0.1, -0.05) is 12.5 Å². The summed E-state index contributed by atoms with van der Waals surface area (Å²) >= 11 is 0. The van der Waals surface area contributed by atoms with Gasteiger partial charge in [-0.05, 0) is 42.9 Å². The third kappa shape index (κ3) is 3.49. The van der Waals surface area contributed by atoms with Crippen molar-refractivity contribution in [1.29, 1.82) is 0 Å². The van der Waals surface area contributed by atoms with E-state index in [0.29, 0.717) is 30.8 Å². The predicted octanol–water partition coefficient (Wildman–Crippen LogP) is 0.709. The molecular formula is C15H22N4O3S. The predicted molar refractivity (Wildman–Crippen MR) is 89.2 cm³/mol. The number of amides is 1. The van der Waals surface area contributed by atoms with Crippen molar-refractivity contribution in [3.05, 3.63) is 23.8 Å². The topological polar surface area (TPSA) is 119 Å². The van der Waals surface area contributed by atoms with Crippen LogP contribution < -0.4 is 20.5 Å². The first-order valence-electron chi connectivity index (χ1n) is 7.83. The number of fused-ring (bicyclic) bond motifs is 1. The minimum absolute atomic E-state index is 0.0903. The molecule has 0 radical (unpaired) electrons. The molecule has 1 aliphatic carbocycles. The average Bonchev–Trinajstić information content (AvgIpc) is 3.04. The fourth-order valence-electron chi connectivity index (χ4n) is 3.46. The molecule has 126 valence electrons. The Morgan fingerprint density at radius 2 is 2.13 bits per heavy atom. The second-order valence-electron chi connectivity index (χ2n) is 6.32. The van der Waals surface area contributed by atoms with Crippen LogP contribution in [-0.2, 0) is 21.4 Å². The fraction of sp³-hybridized carbons (Fsp3) is 0.533. The highest BCUT2D eigenvalue weighted by atomic mass is 32.2. The molecule has 2 aliphatic rings. The Morgan fingerprint density at radius 1 is 1.35 bits per heavy atom. The van der Waals surface area contributed by atoms with E-state index in [2.05, 4.69) is 5.32 Å². The van der Waals surface area contributed by atoms with Crippen LogP contribution in [0.25, 0.3) is 0 Å². The molecule has 0 saturated heterocycles. The van der Waals surface area contributed by atoms with Crippen molar-refractivity contribution in [2.75, 3.05) is 16.2 Å². The van der Waals surface area contributed by atoms with Gasteiger partial charge in [-0.25, -0.2) is 5.14 Å². The molecule has 1 heterocycles. The van der Waals surface area contributed by atoms with Crippen molar-refractivity contribution in [3.8, 4) is 0 Å². The van der Waals surface area contributed by atoms with Gasteiger partial charge in [0.05, 0.1) is 5.69 Å². The van der Waals surface area contributed by atoms with Gasteiger partial charge in [-0.15, -0.1) is 0 Å². The maximum atomic E-state index is 12.2. The summed E-state index contributed by atoms with van der Waals surface area (Å²) in [7, 11) is -3.78. The van der Waals surface area contributed by atoms with Gasteiger partial charge >= 0.3 is 0 Å². The van der Waals surface area contributed by atoms with E-state index in [1.807, 2.05) is 6.07 Å². The lowest BCUT2D eigenvalue weighted by atomic mass is 10.00. The quantitative estimate of drug-likeness (QED) is 0.749. The zero-order valence-corrected chi connectivity index (χ0v) is 13.7. The normalized spacial score (nSPS) is 23.8. The zero-order chi connectivity index (χ0) is 16.6. The highest BCUT2D eigenvalue weighted by molar-refractivity contribution is 7.90. The van der Waals surface area contributed by atoms with Crippen LogP contribution in [0, 0.1) is 5.92 Å². The molecule has 0 spiro atoms. The third-order valence-corrected chi connectivity index (χ3v) is 5.69. The Balaban J connectivity index is 1.71. The number of hydrogen-bond donors (Lipinski definition) is 3. The van der Waals surface area contributed by atoms with Gasteiger partial charge in [0, 0.05) is 24.7 Å². The highest BCUT2D eigenvalue weighted by Crippen LogP contribution is 2.32. The molecule has 3 rings (SSSR count). The standard InChI is InChI=1S/C15H22N4O3S/c16-13-3-1-2-11(13)8-15(20)18-12-5-4-10-6-7-19(14(10)9-12)23(17,21)22/h4-5,9,11,13H,1-3,6-8,16H2,(H,18,20)(H2,17,21,22)/t11-,13+/m0/s1. The summed E-state index contributed by atoms with van der Waals surface area (Å²) < 4.78 is 24.4. The molecule has 2 atom stereocenters. The van der Waals surface area contributed by atoms with Crippen molar-refractivity contribution in [2.24, 2.45) is 16.8 Å². The van der Waals surface area contributed by atoms with E-state index in [1.54, 1.807) is 12.1 Å². The van der Waals surface area contributed by atoms with Crippen molar-refractivity contribution in [3.63, 3.8) is 0 Å². The summed E-state index contributed by atoms with van der Waals surface area (Å²) in [6.45, 7) is 0.336. The van der Waals surface area contributed by atoms with Crippen molar-refractivity contribution in [2.45, 2.75) is 38.1 Å². The largest absolute Gasteiger partial charge is 0.327 e. The van der Waals surface area contributed by atoms with Crippen molar-refractivity contribution < 1.29 is 13.2 Å². The summed E-state index contributed by atoms with van der Waals surface area (Å²) in [5.74, 6) is 0.137. The van der Waals surface area contributed by atoms with E-state index < -0.39 is 10.2 Å². The summed E-state index contributed by atoms with van der Waals surface area (Å²) in [5, 5.41) is 8.06. The first kappa shape index (κ1) is 16.2. The number of hydrogen-bond acceptors (Lipinski definition) is 4. The first-order valence-corrected chi connectivity index (χ1v) is 9.34. The molecule has 1 aromatic carbocycles. The SMILES string of the molecule is N[C@@H]1CCC[C@H]1CC(=O)Nc1ccc2c(c1)N(S(N)(=O)=O)CC2. The van der Waals surface area contributed by atoms with E-state index in [0.717, 1.165) is 24.8 Å². The fourth-order valence-corrected chi connectivity index (χ4v) is 4.25. The summed E-state index contributed by atoms with van der Waals surface area (Å²) in [6.07, 6.45) is 4.05. The van der Waals surface area contributed by atoms with Gasteiger partial charge in [-0.3, -0.25) is 9.10 Å². The van der Waals surface area contributed by atoms with Gasteiger partial charge in [-0.2, -0.15) is 8.42 Å².